The van der Waals surface area contributed by atoms with Crippen molar-refractivity contribution < 1.29 is 33.0 Å². The van der Waals surface area contributed by atoms with Crippen LogP contribution in [0.5, 0.6) is 11.5 Å². The summed E-state index contributed by atoms with van der Waals surface area (Å²) in [5.74, 6) is -3.39. The monoisotopic (exact) mass is 640 g/mol. The van der Waals surface area contributed by atoms with E-state index in [2.05, 4.69) is 16.0 Å². The number of ether oxygens (including phenoxy) is 1. The standard InChI is InChI=1S/C35H46F2N4O5/c1-22(2)21-46-32-26(10-8-12-27(32)36)11-9-15-38-34(44)29(20-41-16-6-7-17-41)39-35(45)31(23(3)4)40-33(43)24(5)18-25-13-14-30(42)28(37)19-25/h6-8,10,12-14,16-17,19,22-24,29,31,42H,9,11,15,18,20-21H2,1-5H3,(H,38,44)(H,39,45)(H,40,43)/t24-,29+,31-/m1/s1. The van der Waals surface area contributed by atoms with Gasteiger partial charge in [-0.3, -0.25) is 14.4 Å². The fourth-order valence-electron chi connectivity index (χ4n) is 4.89. The number of rotatable bonds is 17. The summed E-state index contributed by atoms with van der Waals surface area (Å²) in [6.07, 6.45) is 4.77. The fraction of sp³-hybridized carbons (Fsp3) is 0.457. The number of hydrogen-bond donors (Lipinski definition) is 4. The maximum atomic E-state index is 14.4. The molecular weight excluding hydrogens is 594 g/mol. The van der Waals surface area contributed by atoms with Crippen LogP contribution in [0.3, 0.4) is 0 Å². The fourth-order valence-corrected chi connectivity index (χ4v) is 4.89. The topological polar surface area (TPSA) is 122 Å². The molecule has 3 aromatic rings. The summed E-state index contributed by atoms with van der Waals surface area (Å²) in [6.45, 7) is 10.1. The van der Waals surface area contributed by atoms with Crippen LogP contribution in [0.4, 0.5) is 8.78 Å². The average molecular weight is 641 g/mol. The van der Waals surface area contributed by atoms with Crippen molar-refractivity contribution in [3.63, 3.8) is 0 Å². The molecule has 0 aliphatic rings. The Labute approximate surface area is 269 Å². The molecule has 0 saturated heterocycles. The first kappa shape index (κ1) is 36.1. The van der Waals surface area contributed by atoms with Crippen LogP contribution in [0.2, 0.25) is 0 Å². The lowest BCUT2D eigenvalue weighted by molar-refractivity contribution is -0.134. The van der Waals surface area contributed by atoms with Crippen LogP contribution in [0.15, 0.2) is 60.9 Å². The summed E-state index contributed by atoms with van der Waals surface area (Å²) in [4.78, 5) is 39.9. The number of nitrogens with zero attached hydrogens (tertiary/aromatic N) is 1. The second-order valence-corrected chi connectivity index (χ2v) is 12.4. The first-order valence-electron chi connectivity index (χ1n) is 15.7. The third-order valence-corrected chi connectivity index (χ3v) is 7.47. The number of aromatic hydroxyl groups is 1. The Kier molecular flexibility index (Phi) is 13.6. The Bertz CT molecular complexity index is 1440. The van der Waals surface area contributed by atoms with Gasteiger partial charge in [0.25, 0.3) is 0 Å². The third-order valence-electron chi connectivity index (χ3n) is 7.47. The predicted octanol–water partition coefficient (Wildman–Crippen LogP) is 4.76. The number of amides is 3. The summed E-state index contributed by atoms with van der Waals surface area (Å²) in [5.41, 5.74) is 1.25. The SMILES string of the molecule is CC(C)COc1c(F)cccc1CCCNC(=O)[C@H](Cn1cccc1)NC(=O)[C@H](NC(=O)[C@H](C)Cc1ccc(O)c(F)c1)C(C)C. The highest BCUT2D eigenvalue weighted by Gasteiger charge is 2.30. The third kappa shape index (κ3) is 10.9. The van der Waals surface area contributed by atoms with Crippen LogP contribution >= 0.6 is 0 Å². The lowest BCUT2D eigenvalue weighted by Gasteiger charge is -2.26. The van der Waals surface area contributed by atoms with Crippen molar-refractivity contribution in [1.29, 1.82) is 0 Å². The van der Waals surface area contributed by atoms with Crippen LogP contribution < -0.4 is 20.7 Å². The van der Waals surface area contributed by atoms with E-state index < -0.39 is 53.1 Å². The summed E-state index contributed by atoms with van der Waals surface area (Å²) in [7, 11) is 0. The minimum absolute atomic E-state index is 0.170. The van der Waals surface area contributed by atoms with E-state index in [-0.39, 0.29) is 37.1 Å². The Morgan fingerprint density at radius 2 is 1.61 bits per heavy atom. The van der Waals surface area contributed by atoms with Crippen molar-refractivity contribution in [2.24, 2.45) is 17.8 Å². The molecule has 3 rings (SSSR count). The number of carbonyl (C=O) groups excluding carboxylic acids is 3. The Hall–Kier alpha value is -4.41. The number of phenols is 1. The van der Waals surface area contributed by atoms with E-state index in [0.29, 0.717) is 30.6 Å². The maximum Gasteiger partial charge on any atom is 0.244 e. The molecule has 9 nitrogen and oxygen atoms in total. The van der Waals surface area contributed by atoms with E-state index in [1.54, 1.807) is 49.9 Å². The molecule has 0 spiro atoms. The quantitative estimate of drug-likeness (QED) is 0.159. The molecule has 3 amide bonds. The number of phenolic OH excluding ortho intramolecular Hbond substituents is 1. The molecule has 2 aromatic carbocycles. The molecule has 46 heavy (non-hydrogen) atoms. The van der Waals surface area contributed by atoms with Gasteiger partial charge in [0.2, 0.25) is 17.7 Å². The molecule has 1 aromatic heterocycles. The Morgan fingerprint density at radius 3 is 2.26 bits per heavy atom. The zero-order chi connectivity index (χ0) is 33.8. The highest BCUT2D eigenvalue weighted by molar-refractivity contribution is 5.92. The summed E-state index contributed by atoms with van der Waals surface area (Å²) < 4.78 is 35.7. The van der Waals surface area contributed by atoms with E-state index in [1.165, 1.54) is 24.3 Å². The van der Waals surface area contributed by atoms with E-state index in [1.807, 2.05) is 26.0 Å². The van der Waals surface area contributed by atoms with Crippen LogP contribution in [-0.4, -0.2) is 52.6 Å². The number of nitrogens with one attached hydrogen (secondary N) is 3. The molecule has 250 valence electrons. The van der Waals surface area contributed by atoms with Crippen molar-refractivity contribution in [3.05, 3.63) is 83.7 Å². The van der Waals surface area contributed by atoms with Gasteiger partial charge in [0.1, 0.15) is 12.1 Å². The number of aromatic nitrogens is 1. The molecular formula is C35H46F2N4O5. The Balaban J connectivity index is 1.62. The van der Waals surface area contributed by atoms with Gasteiger partial charge in [-0.1, -0.05) is 52.8 Å². The van der Waals surface area contributed by atoms with Crippen molar-refractivity contribution in [1.82, 2.24) is 20.5 Å². The lowest BCUT2D eigenvalue weighted by atomic mass is 9.97. The maximum absolute atomic E-state index is 14.4. The van der Waals surface area contributed by atoms with Crippen molar-refractivity contribution in [2.75, 3.05) is 13.2 Å². The highest BCUT2D eigenvalue weighted by atomic mass is 19.1. The zero-order valence-electron chi connectivity index (χ0n) is 27.2. The molecule has 0 saturated carbocycles. The summed E-state index contributed by atoms with van der Waals surface area (Å²) in [6, 6.07) is 10.5. The number of hydrogen-bond acceptors (Lipinski definition) is 5. The molecule has 0 unspecified atom stereocenters. The Morgan fingerprint density at radius 1 is 0.891 bits per heavy atom. The molecule has 4 N–H and O–H groups in total. The minimum Gasteiger partial charge on any atom is -0.505 e. The molecule has 0 radical (unpaired) electrons. The number of para-hydroxylation sites is 1. The molecule has 0 aliphatic carbocycles. The predicted molar refractivity (Wildman–Crippen MR) is 172 cm³/mol. The number of carbonyl (C=O) groups is 3. The van der Waals surface area contributed by atoms with Gasteiger partial charge in [-0.2, -0.15) is 0 Å². The zero-order valence-corrected chi connectivity index (χ0v) is 27.2. The largest absolute Gasteiger partial charge is 0.505 e. The van der Waals surface area contributed by atoms with Crippen LogP contribution in [0, 0.1) is 29.4 Å². The molecule has 0 aliphatic heterocycles. The van der Waals surface area contributed by atoms with E-state index in [9.17, 15) is 28.3 Å². The van der Waals surface area contributed by atoms with Gasteiger partial charge >= 0.3 is 0 Å². The van der Waals surface area contributed by atoms with Gasteiger partial charge in [-0.15, -0.1) is 0 Å². The van der Waals surface area contributed by atoms with Crippen molar-refractivity contribution in [2.45, 2.75) is 72.5 Å². The van der Waals surface area contributed by atoms with Gasteiger partial charge in [0, 0.05) is 24.9 Å². The van der Waals surface area contributed by atoms with Crippen LogP contribution in [0.1, 0.15) is 52.2 Å². The van der Waals surface area contributed by atoms with Gasteiger partial charge in [0.15, 0.2) is 23.1 Å². The molecule has 3 atom stereocenters. The van der Waals surface area contributed by atoms with E-state index in [4.69, 9.17) is 4.74 Å². The lowest BCUT2D eigenvalue weighted by Crippen LogP contribution is -2.57. The first-order valence-corrected chi connectivity index (χ1v) is 15.7. The normalized spacial score (nSPS) is 13.2. The summed E-state index contributed by atoms with van der Waals surface area (Å²) in [5, 5.41) is 17.9. The smallest absolute Gasteiger partial charge is 0.244 e. The molecule has 0 bridgehead atoms. The van der Waals surface area contributed by atoms with Gasteiger partial charge < -0.3 is 30.4 Å². The van der Waals surface area contributed by atoms with Gasteiger partial charge in [-0.05, 0) is 72.6 Å². The van der Waals surface area contributed by atoms with E-state index in [0.717, 1.165) is 0 Å². The minimum atomic E-state index is -0.936. The summed E-state index contributed by atoms with van der Waals surface area (Å²) >= 11 is 0. The van der Waals surface area contributed by atoms with Crippen molar-refractivity contribution in [3.8, 4) is 11.5 Å². The van der Waals surface area contributed by atoms with Crippen molar-refractivity contribution >= 4 is 17.7 Å². The molecule has 0 fully saturated rings. The number of aryl methyl sites for hydroxylation is 1. The van der Waals surface area contributed by atoms with E-state index >= 15 is 0 Å². The van der Waals surface area contributed by atoms with Crippen LogP contribution in [0.25, 0.3) is 0 Å². The van der Waals surface area contributed by atoms with Gasteiger partial charge in [0.05, 0.1) is 13.2 Å². The second-order valence-electron chi connectivity index (χ2n) is 12.4. The molecule has 11 heteroatoms. The average Bonchev–Trinajstić information content (AvgIpc) is 3.51. The second kappa shape index (κ2) is 17.3. The number of halogens is 2. The van der Waals surface area contributed by atoms with Crippen LogP contribution in [-0.2, 0) is 33.8 Å². The number of benzene rings is 2. The highest BCUT2D eigenvalue weighted by Crippen LogP contribution is 2.24. The molecule has 1 heterocycles. The van der Waals surface area contributed by atoms with Gasteiger partial charge in [-0.25, -0.2) is 8.78 Å². The first-order chi connectivity index (χ1) is 21.8.